The molecule has 0 amide bonds. The maximum absolute atomic E-state index is 9.78. The topological polar surface area (TPSA) is 41.5 Å². The van der Waals surface area contributed by atoms with Gasteiger partial charge in [-0.3, -0.25) is 0 Å². The molecule has 0 saturated heterocycles. The molecule has 2 N–H and O–H groups in total. The molecule has 0 aliphatic heterocycles. The summed E-state index contributed by atoms with van der Waals surface area (Å²) in [6.07, 6.45) is 0. The van der Waals surface area contributed by atoms with Crippen molar-refractivity contribution in [3.63, 3.8) is 0 Å². The SMILES string of the molecule is COc1ccc(O)c(CNc2cccc(Cl)c2Cl)c1. The highest BCUT2D eigenvalue weighted by Crippen LogP contribution is 2.31. The van der Waals surface area contributed by atoms with Crippen LogP contribution in [0.2, 0.25) is 10.0 Å². The van der Waals surface area contributed by atoms with Gasteiger partial charge in [-0.15, -0.1) is 0 Å². The van der Waals surface area contributed by atoms with Crippen LogP contribution in [-0.4, -0.2) is 12.2 Å². The second-order valence-corrected chi connectivity index (χ2v) is 4.73. The first-order valence-corrected chi connectivity index (χ1v) is 6.41. The van der Waals surface area contributed by atoms with Crippen LogP contribution in [0.15, 0.2) is 36.4 Å². The van der Waals surface area contributed by atoms with Crippen molar-refractivity contribution < 1.29 is 9.84 Å². The molecule has 0 fully saturated rings. The van der Waals surface area contributed by atoms with Gasteiger partial charge < -0.3 is 15.2 Å². The van der Waals surface area contributed by atoms with Crippen LogP contribution < -0.4 is 10.1 Å². The molecule has 0 aromatic heterocycles. The van der Waals surface area contributed by atoms with Gasteiger partial charge in [0, 0.05) is 12.1 Å². The summed E-state index contributed by atoms with van der Waals surface area (Å²) >= 11 is 12.0. The van der Waals surface area contributed by atoms with E-state index in [-0.39, 0.29) is 5.75 Å². The van der Waals surface area contributed by atoms with E-state index in [0.29, 0.717) is 22.3 Å². The van der Waals surface area contributed by atoms with Crippen molar-refractivity contribution in [3.8, 4) is 11.5 Å². The second-order valence-electron chi connectivity index (χ2n) is 3.95. The molecular formula is C14H13Cl2NO2. The predicted molar refractivity (Wildman–Crippen MR) is 78.4 cm³/mol. The lowest BCUT2D eigenvalue weighted by molar-refractivity contribution is 0.411. The van der Waals surface area contributed by atoms with Crippen LogP contribution in [0, 0.1) is 0 Å². The molecule has 0 aliphatic rings. The number of ether oxygens (including phenoxy) is 1. The highest BCUT2D eigenvalue weighted by molar-refractivity contribution is 6.43. The number of halogens is 2. The third kappa shape index (κ3) is 3.25. The predicted octanol–water partition coefficient (Wildman–Crippen LogP) is 4.32. The van der Waals surface area contributed by atoms with E-state index < -0.39 is 0 Å². The van der Waals surface area contributed by atoms with Gasteiger partial charge in [-0.25, -0.2) is 0 Å². The number of aromatic hydroxyl groups is 1. The number of phenolic OH excluding ortho intramolecular Hbond substituents is 1. The zero-order valence-electron chi connectivity index (χ0n) is 10.3. The van der Waals surface area contributed by atoms with E-state index in [1.807, 2.05) is 12.1 Å². The summed E-state index contributed by atoms with van der Waals surface area (Å²) in [6.45, 7) is 0.420. The lowest BCUT2D eigenvalue weighted by Crippen LogP contribution is -2.01. The third-order valence-corrected chi connectivity index (χ3v) is 3.53. The first kappa shape index (κ1) is 13.8. The van der Waals surface area contributed by atoms with Crippen molar-refractivity contribution in [2.45, 2.75) is 6.54 Å². The first-order valence-electron chi connectivity index (χ1n) is 5.65. The molecule has 2 rings (SSSR count). The zero-order valence-corrected chi connectivity index (χ0v) is 11.8. The molecule has 19 heavy (non-hydrogen) atoms. The maximum Gasteiger partial charge on any atom is 0.120 e. The Balaban J connectivity index is 2.16. The normalized spacial score (nSPS) is 10.3. The van der Waals surface area contributed by atoms with Crippen molar-refractivity contribution in [2.24, 2.45) is 0 Å². The van der Waals surface area contributed by atoms with Crippen LogP contribution >= 0.6 is 23.2 Å². The summed E-state index contributed by atoms with van der Waals surface area (Å²) in [5.74, 6) is 0.887. The number of phenols is 1. The molecule has 0 unspecified atom stereocenters. The molecule has 0 saturated carbocycles. The minimum Gasteiger partial charge on any atom is -0.508 e. The van der Waals surface area contributed by atoms with Crippen molar-refractivity contribution >= 4 is 28.9 Å². The van der Waals surface area contributed by atoms with Gasteiger partial charge in [0.2, 0.25) is 0 Å². The van der Waals surface area contributed by atoms with Crippen molar-refractivity contribution in [1.29, 1.82) is 0 Å². The molecule has 3 nitrogen and oxygen atoms in total. The monoisotopic (exact) mass is 297 g/mol. The van der Waals surface area contributed by atoms with E-state index in [2.05, 4.69) is 5.32 Å². The van der Waals surface area contributed by atoms with Gasteiger partial charge in [-0.2, -0.15) is 0 Å². The first-order chi connectivity index (χ1) is 9.11. The Labute approximate surface area is 121 Å². The number of nitrogens with one attached hydrogen (secondary N) is 1. The number of benzene rings is 2. The van der Waals surface area contributed by atoms with E-state index in [4.69, 9.17) is 27.9 Å². The lowest BCUT2D eigenvalue weighted by Gasteiger charge is -2.11. The summed E-state index contributed by atoms with van der Waals surface area (Å²) in [5.41, 5.74) is 1.44. The van der Waals surface area contributed by atoms with Gasteiger partial charge >= 0.3 is 0 Å². The fraction of sp³-hybridized carbons (Fsp3) is 0.143. The molecule has 5 heteroatoms. The summed E-state index contributed by atoms with van der Waals surface area (Å²) in [5, 5.41) is 13.9. The van der Waals surface area contributed by atoms with Crippen molar-refractivity contribution in [3.05, 3.63) is 52.0 Å². The number of hydrogen-bond acceptors (Lipinski definition) is 3. The Bertz CT molecular complexity index is 588. The Morgan fingerprint density at radius 3 is 2.74 bits per heavy atom. The Hall–Kier alpha value is -1.58. The molecular weight excluding hydrogens is 285 g/mol. The van der Waals surface area contributed by atoms with Crippen LogP contribution in [0.4, 0.5) is 5.69 Å². The fourth-order valence-electron chi connectivity index (χ4n) is 1.66. The van der Waals surface area contributed by atoms with Crippen LogP contribution in [0.3, 0.4) is 0 Å². The summed E-state index contributed by atoms with van der Waals surface area (Å²) in [6, 6.07) is 10.4. The van der Waals surface area contributed by atoms with Gasteiger partial charge in [-0.05, 0) is 30.3 Å². The molecule has 0 spiro atoms. The van der Waals surface area contributed by atoms with E-state index >= 15 is 0 Å². The van der Waals surface area contributed by atoms with Crippen LogP contribution in [-0.2, 0) is 6.54 Å². The van der Waals surface area contributed by atoms with Crippen molar-refractivity contribution in [2.75, 3.05) is 12.4 Å². The van der Waals surface area contributed by atoms with E-state index in [9.17, 15) is 5.11 Å². The van der Waals surface area contributed by atoms with E-state index in [1.165, 1.54) is 0 Å². The minimum absolute atomic E-state index is 0.200. The summed E-state index contributed by atoms with van der Waals surface area (Å²) in [7, 11) is 1.58. The summed E-state index contributed by atoms with van der Waals surface area (Å²) in [4.78, 5) is 0. The largest absolute Gasteiger partial charge is 0.508 e. The molecule has 2 aromatic carbocycles. The second kappa shape index (κ2) is 6.04. The highest BCUT2D eigenvalue weighted by atomic mass is 35.5. The number of rotatable bonds is 4. The maximum atomic E-state index is 9.78. The average Bonchev–Trinajstić information content (AvgIpc) is 2.42. The molecule has 0 bridgehead atoms. The molecule has 0 aliphatic carbocycles. The number of hydrogen-bond donors (Lipinski definition) is 2. The van der Waals surface area contributed by atoms with Crippen LogP contribution in [0.1, 0.15) is 5.56 Å². The van der Waals surface area contributed by atoms with Gasteiger partial charge in [0.1, 0.15) is 11.5 Å². The van der Waals surface area contributed by atoms with E-state index in [0.717, 1.165) is 11.3 Å². The average molecular weight is 298 g/mol. The molecule has 0 radical (unpaired) electrons. The minimum atomic E-state index is 0.200. The zero-order chi connectivity index (χ0) is 13.8. The van der Waals surface area contributed by atoms with Gasteiger partial charge in [0.15, 0.2) is 0 Å². The Morgan fingerprint density at radius 1 is 1.21 bits per heavy atom. The highest BCUT2D eigenvalue weighted by Gasteiger charge is 2.06. The Kier molecular flexibility index (Phi) is 4.40. The van der Waals surface area contributed by atoms with Gasteiger partial charge in [-0.1, -0.05) is 29.3 Å². The van der Waals surface area contributed by atoms with E-state index in [1.54, 1.807) is 31.4 Å². The van der Waals surface area contributed by atoms with Gasteiger partial charge in [0.25, 0.3) is 0 Å². The van der Waals surface area contributed by atoms with Crippen molar-refractivity contribution in [1.82, 2.24) is 0 Å². The lowest BCUT2D eigenvalue weighted by atomic mass is 10.2. The fourth-order valence-corrected chi connectivity index (χ4v) is 2.03. The molecule has 0 heterocycles. The molecule has 100 valence electrons. The summed E-state index contributed by atoms with van der Waals surface area (Å²) < 4.78 is 5.12. The standard InChI is InChI=1S/C14H13Cl2NO2/c1-19-10-5-6-13(18)9(7-10)8-17-12-4-2-3-11(15)14(12)16/h2-7,17-18H,8H2,1H3. The molecule has 0 atom stereocenters. The third-order valence-electron chi connectivity index (χ3n) is 2.71. The van der Waals surface area contributed by atoms with Gasteiger partial charge in [0.05, 0.1) is 22.8 Å². The smallest absolute Gasteiger partial charge is 0.120 e. The number of anilines is 1. The quantitative estimate of drug-likeness (QED) is 0.883. The van der Waals surface area contributed by atoms with Crippen LogP contribution in [0.25, 0.3) is 0 Å². The number of methoxy groups -OCH3 is 1. The van der Waals surface area contributed by atoms with Crippen LogP contribution in [0.5, 0.6) is 11.5 Å². The molecule has 2 aromatic rings. The Morgan fingerprint density at radius 2 is 2.00 bits per heavy atom.